The van der Waals surface area contributed by atoms with Crippen LogP contribution in [0.3, 0.4) is 0 Å². The van der Waals surface area contributed by atoms with Crippen LogP contribution < -0.4 is 5.73 Å². The van der Waals surface area contributed by atoms with Crippen LogP contribution in [0.1, 0.15) is 5.56 Å². The van der Waals surface area contributed by atoms with Gasteiger partial charge in [-0.25, -0.2) is 4.98 Å². The summed E-state index contributed by atoms with van der Waals surface area (Å²) in [4.78, 5) is 4.34. The summed E-state index contributed by atoms with van der Waals surface area (Å²) in [6.45, 7) is 2.06. The Morgan fingerprint density at radius 2 is 2.16 bits per heavy atom. The van der Waals surface area contributed by atoms with Gasteiger partial charge in [-0.2, -0.15) is 5.10 Å². The van der Waals surface area contributed by atoms with Gasteiger partial charge in [0.1, 0.15) is 5.69 Å². The van der Waals surface area contributed by atoms with Gasteiger partial charge in [0.05, 0.1) is 17.6 Å². The first kappa shape index (κ1) is 11.5. The van der Waals surface area contributed by atoms with Crippen molar-refractivity contribution in [1.82, 2.24) is 19.7 Å². The summed E-state index contributed by atoms with van der Waals surface area (Å²) < 4.78 is 1.90. The van der Waals surface area contributed by atoms with Crippen molar-refractivity contribution in [2.45, 2.75) is 6.92 Å². The van der Waals surface area contributed by atoms with Gasteiger partial charge >= 0.3 is 0 Å². The summed E-state index contributed by atoms with van der Waals surface area (Å²) in [7, 11) is 1.93. The Balaban J connectivity index is 2.19. The lowest BCUT2D eigenvalue weighted by molar-refractivity contribution is 0.913. The molecule has 0 atom stereocenters. The van der Waals surface area contributed by atoms with Crippen molar-refractivity contribution in [2.75, 3.05) is 5.73 Å². The number of hydrogen-bond acceptors (Lipinski definition) is 3. The van der Waals surface area contributed by atoms with Crippen molar-refractivity contribution in [3.8, 4) is 22.5 Å². The first-order valence-corrected chi connectivity index (χ1v) is 6.04. The molecule has 0 saturated heterocycles. The zero-order valence-corrected chi connectivity index (χ0v) is 10.9. The summed E-state index contributed by atoms with van der Waals surface area (Å²) in [5.74, 6) is 0.492. The average molecular weight is 253 g/mol. The molecule has 0 radical (unpaired) electrons. The Bertz CT molecular complexity index is 723. The SMILES string of the molecule is Cc1cccc(-c2c(N)n[nH]c2-c2cn(C)cn2)c1. The monoisotopic (exact) mass is 253 g/mol. The molecular weight excluding hydrogens is 238 g/mol. The maximum Gasteiger partial charge on any atom is 0.153 e. The third kappa shape index (κ3) is 1.99. The van der Waals surface area contributed by atoms with E-state index in [1.807, 2.05) is 29.9 Å². The van der Waals surface area contributed by atoms with E-state index in [1.54, 1.807) is 6.33 Å². The largest absolute Gasteiger partial charge is 0.382 e. The molecule has 0 unspecified atom stereocenters. The molecule has 0 aliphatic rings. The van der Waals surface area contributed by atoms with Crippen LogP contribution in [-0.2, 0) is 7.05 Å². The second-order valence-electron chi connectivity index (χ2n) is 4.65. The summed E-state index contributed by atoms with van der Waals surface area (Å²) in [5.41, 5.74) is 10.8. The standard InChI is InChI=1S/C14H15N5/c1-9-4-3-5-10(6-9)12-13(17-18-14(12)15)11-7-19(2)8-16-11/h3-8H,1-2H3,(H3,15,17,18). The number of benzene rings is 1. The van der Waals surface area contributed by atoms with Crippen LogP contribution in [0.25, 0.3) is 22.5 Å². The minimum Gasteiger partial charge on any atom is -0.382 e. The average Bonchev–Trinajstić information content (AvgIpc) is 2.95. The highest BCUT2D eigenvalue weighted by atomic mass is 15.2. The van der Waals surface area contributed by atoms with E-state index >= 15 is 0 Å². The van der Waals surface area contributed by atoms with Crippen molar-refractivity contribution in [2.24, 2.45) is 7.05 Å². The first-order chi connectivity index (χ1) is 9.15. The lowest BCUT2D eigenvalue weighted by Crippen LogP contribution is -1.89. The van der Waals surface area contributed by atoms with Crippen molar-refractivity contribution in [3.05, 3.63) is 42.4 Å². The van der Waals surface area contributed by atoms with Crippen LogP contribution in [0.5, 0.6) is 0 Å². The van der Waals surface area contributed by atoms with Crippen LogP contribution in [0.4, 0.5) is 5.82 Å². The van der Waals surface area contributed by atoms with Crippen LogP contribution in [0.15, 0.2) is 36.8 Å². The predicted octanol–water partition coefficient (Wildman–Crippen LogP) is 2.37. The zero-order valence-electron chi connectivity index (χ0n) is 10.9. The molecule has 0 amide bonds. The minimum atomic E-state index is 0.492. The molecule has 5 heteroatoms. The number of nitrogens with two attached hydrogens (primary N) is 1. The van der Waals surface area contributed by atoms with Crippen molar-refractivity contribution in [1.29, 1.82) is 0 Å². The van der Waals surface area contributed by atoms with E-state index in [-0.39, 0.29) is 0 Å². The smallest absolute Gasteiger partial charge is 0.153 e. The number of aromatic nitrogens is 4. The number of aryl methyl sites for hydroxylation is 2. The topological polar surface area (TPSA) is 72.5 Å². The quantitative estimate of drug-likeness (QED) is 0.736. The molecule has 0 spiro atoms. The normalized spacial score (nSPS) is 10.8. The number of nitrogens with zero attached hydrogens (tertiary/aromatic N) is 3. The summed E-state index contributed by atoms with van der Waals surface area (Å²) in [5, 5.41) is 7.08. The summed E-state index contributed by atoms with van der Waals surface area (Å²) >= 11 is 0. The Morgan fingerprint density at radius 3 is 2.84 bits per heavy atom. The Morgan fingerprint density at radius 1 is 1.32 bits per heavy atom. The van der Waals surface area contributed by atoms with Gasteiger partial charge in [-0.05, 0) is 12.5 Å². The molecule has 0 bridgehead atoms. The highest BCUT2D eigenvalue weighted by Crippen LogP contribution is 2.33. The molecule has 96 valence electrons. The van der Waals surface area contributed by atoms with E-state index in [9.17, 15) is 0 Å². The Kier molecular flexibility index (Phi) is 2.59. The van der Waals surface area contributed by atoms with Gasteiger partial charge in [0, 0.05) is 13.2 Å². The van der Waals surface area contributed by atoms with Gasteiger partial charge in [0.15, 0.2) is 5.82 Å². The molecule has 2 heterocycles. The summed E-state index contributed by atoms with van der Waals surface area (Å²) in [6, 6.07) is 8.19. The van der Waals surface area contributed by atoms with Crippen LogP contribution in [-0.4, -0.2) is 19.7 Å². The highest BCUT2D eigenvalue weighted by Gasteiger charge is 2.16. The van der Waals surface area contributed by atoms with E-state index in [0.29, 0.717) is 5.82 Å². The third-order valence-electron chi connectivity index (χ3n) is 3.06. The molecule has 0 fully saturated rings. The van der Waals surface area contributed by atoms with Crippen molar-refractivity contribution >= 4 is 5.82 Å². The first-order valence-electron chi connectivity index (χ1n) is 6.04. The second kappa shape index (κ2) is 4.28. The number of nitrogen functional groups attached to an aromatic ring is 1. The number of hydrogen-bond donors (Lipinski definition) is 2. The number of aromatic amines is 1. The van der Waals surface area contributed by atoms with Gasteiger partial charge in [-0.1, -0.05) is 29.8 Å². The number of imidazole rings is 1. The van der Waals surface area contributed by atoms with Gasteiger partial charge in [0.25, 0.3) is 0 Å². The fourth-order valence-electron chi connectivity index (χ4n) is 2.18. The highest BCUT2D eigenvalue weighted by molar-refractivity contribution is 5.86. The molecule has 2 aromatic heterocycles. The van der Waals surface area contributed by atoms with Crippen molar-refractivity contribution < 1.29 is 0 Å². The fraction of sp³-hybridized carbons (Fsp3) is 0.143. The molecule has 0 aliphatic carbocycles. The van der Waals surface area contributed by atoms with E-state index in [2.05, 4.69) is 34.2 Å². The molecule has 5 nitrogen and oxygen atoms in total. The van der Waals surface area contributed by atoms with E-state index in [4.69, 9.17) is 5.73 Å². The van der Waals surface area contributed by atoms with Crippen molar-refractivity contribution in [3.63, 3.8) is 0 Å². The second-order valence-corrected chi connectivity index (χ2v) is 4.65. The lowest BCUT2D eigenvalue weighted by atomic mass is 10.0. The van der Waals surface area contributed by atoms with Crippen LogP contribution >= 0.6 is 0 Å². The molecule has 1 aromatic carbocycles. The Hall–Kier alpha value is -2.56. The fourth-order valence-corrected chi connectivity index (χ4v) is 2.18. The zero-order chi connectivity index (χ0) is 13.4. The third-order valence-corrected chi connectivity index (χ3v) is 3.06. The minimum absolute atomic E-state index is 0.492. The predicted molar refractivity (Wildman–Crippen MR) is 75.4 cm³/mol. The molecule has 3 N–H and O–H groups in total. The van der Waals surface area contributed by atoms with Gasteiger partial charge in [-0.15, -0.1) is 0 Å². The molecule has 3 aromatic rings. The number of anilines is 1. The van der Waals surface area contributed by atoms with E-state index < -0.39 is 0 Å². The molecule has 19 heavy (non-hydrogen) atoms. The van der Waals surface area contributed by atoms with Gasteiger partial charge in [0.2, 0.25) is 0 Å². The number of rotatable bonds is 2. The lowest BCUT2D eigenvalue weighted by Gasteiger charge is -2.03. The number of nitrogens with one attached hydrogen (secondary N) is 1. The molecule has 0 aliphatic heterocycles. The summed E-state index contributed by atoms with van der Waals surface area (Å²) in [6.07, 6.45) is 3.69. The van der Waals surface area contributed by atoms with Gasteiger partial charge in [-0.3, -0.25) is 5.10 Å². The number of H-pyrrole nitrogens is 1. The maximum atomic E-state index is 5.99. The maximum absolute atomic E-state index is 5.99. The van der Waals surface area contributed by atoms with Crippen LogP contribution in [0, 0.1) is 6.92 Å². The van der Waals surface area contributed by atoms with E-state index in [0.717, 1.165) is 22.5 Å². The molecular formula is C14H15N5. The molecule has 0 saturated carbocycles. The van der Waals surface area contributed by atoms with Gasteiger partial charge < -0.3 is 10.3 Å². The van der Waals surface area contributed by atoms with Crippen LogP contribution in [0.2, 0.25) is 0 Å². The molecule has 3 rings (SSSR count). The Labute approximate surface area is 111 Å². The van der Waals surface area contributed by atoms with E-state index in [1.165, 1.54) is 5.56 Å².